The first-order valence-electron chi connectivity index (χ1n) is 7.35. The van der Waals surface area contributed by atoms with Crippen molar-refractivity contribution in [2.75, 3.05) is 33.2 Å². The average Bonchev–Trinajstić information content (AvgIpc) is 2.38. The third kappa shape index (κ3) is 4.22. The van der Waals surface area contributed by atoms with Crippen LogP contribution in [-0.4, -0.2) is 53.7 Å². The lowest BCUT2D eigenvalue weighted by molar-refractivity contribution is 0.0312. The molecule has 0 aliphatic carbocycles. The third-order valence-electron chi connectivity index (χ3n) is 4.38. The summed E-state index contributed by atoms with van der Waals surface area (Å²) in [5, 5.41) is 10.1. The van der Waals surface area contributed by atoms with Gasteiger partial charge in [0, 0.05) is 37.8 Å². The van der Waals surface area contributed by atoms with E-state index in [1.807, 2.05) is 0 Å². The Morgan fingerprint density at radius 1 is 1.19 bits per heavy atom. The first-order chi connectivity index (χ1) is 9.78. The monoisotopic (exact) mass is 298 g/mol. The maximum Gasteiger partial charge on any atom is 0.126 e. The topological polar surface area (TPSA) is 26.7 Å². The summed E-state index contributed by atoms with van der Waals surface area (Å²) in [7, 11) is 2.11. The van der Waals surface area contributed by atoms with Crippen LogP contribution in [0, 0.1) is 11.6 Å². The summed E-state index contributed by atoms with van der Waals surface area (Å²) in [6, 6.07) is 3.21. The lowest BCUT2D eigenvalue weighted by Gasteiger charge is -2.45. The smallest absolute Gasteiger partial charge is 0.126 e. The SMILES string of the molecule is CN1CCN(CCC(O)c2cc(F)cc(F)c2)CC1(C)C. The molecule has 1 aliphatic rings. The molecule has 1 fully saturated rings. The van der Waals surface area contributed by atoms with Crippen molar-refractivity contribution in [1.82, 2.24) is 9.80 Å². The summed E-state index contributed by atoms with van der Waals surface area (Å²) in [4.78, 5) is 4.61. The van der Waals surface area contributed by atoms with Gasteiger partial charge in [0.25, 0.3) is 0 Å². The molecule has 3 nitrogen and oxygen atoms in total. The van der Waals surface area contributed by atoms with Gasteiger partial charge in [0.05, 0.1) is 6.10 Å². The Morgan fingerprint density at radius 3 is 2.38 bits per heavy atom. The van der Waals surface area contributed by atoms with E-state index in [1.165, 1.54) is 12.1 Å². The molecule has 0 spiro atoms. The Morgan fingerprint density at radius 2 is 1.81 bits per heavy atom. The molecular formula is C16H24F2N2O. The predicted molar refractivity (Wildman–Crippen MR) is 79.1 cm³/mol. The zero-order valence-corrected chi connectivity index (χ0v) is 12.9. The quantitative estimate of drug-likeness (QED) is 0.925. The van der Waals surface area contributed by atoms with Crippen molar-refractivity contribution in [3.63, 3.8) is 0 Å². The highest BCUT2D eigenvalue weighted by Crippen LogP contribution is 2.22. The molecule has 1 aromatic carbocycles. The molecule has 0 aromatic heterocycles. The van der Waals surface area contributed by atoms with Crippen LogP contribution < -0.4 is 0 Å². The van der Waals surface area contributed by atoms with Gasteiger partial charge in [-0.1, -0.05) is 0 Å². The third-order valence-corrected chi connectivity index (χ3v) is 4.38. The minimum Gasteiger partial charge on any atom is -0.388 e. The lowest BCUT2D eigenvalue weighted by atomic mass is 9.99. The fourth-order valence-corrected chi connectivity index (χ4v) is 2.77. The molecule has 1 N–H and O–H groups in total. The molecule has 5 heteroatoms. The maximum absolute atomic E-state index is 13.2. The van der Waals surface area contributed by atoms with Crippen molar-refractivity contribution < 1.29 is 13.9 Å². The van der Waals surface area contributed by atoms with Crippen LogP contribution in [0.3, 0.4) is 0 Å². The molecule has 1 atom stereocenters. The maximum atomic E-state index is 13.2. The van der Waals surface area contributed by atoms with Crippen LogP contribution in [-0.2, 0) is 0 Å². The number of nitrogens with zero attached hydrogens (tertiary/aromatic N) is 2. The Labute approximate surface area is 125 Å². The average molecular weight is 298 g/mol. The highest BCUT2D eigenvalue weighted by molar-refractivity contribution is 5.20. The zero-order chi connectivity index (χ0) is 15.6. The summed E-state index contributed by atoms with van der Waals surface area (Å²) < 4.78 is 26.3. The summed E-state index contributed by atoms with van der Waals surface area (Å²) in [6.07, 6.45) is -0.360. The van der Waals surface area contributed by atoms with E-state index in [9.17, 15) is 13.9 Å². The number of piperazine rings is 1. The number of aliphatic hydroxyl groups excluding tert-OH is 1. The van der Waals surface area contributed by atoms with Crippen molar-refractivity contribution >= 4 is 0 Å². The number of hydrogen-bond acceptors (Lipinski definition) is 3. The van der Waals surface area contributed by atoms with Crippen LogP contribution in [0.4, 0.5) is 8.78 Å². The molecule has 1 aromatic rings. The van der Waals surface area contributed by atoms with E-state index in [-0.39, 0.29) is 5.54 Å². The van der Waals surface area contributed by atoms with Crippen molar-refractivity contribution in [3.8, 4) is 0 Å². The molecule has 1 heterocycles. The highest BCUT2D eigenvalue weighted by atomic mass is 19.1. The summed E-state index contributed by atoms with van der Waals surface area (Å²) in [5.74, 6) is -1.30. The van der Waals surface area contributed by atoms with Crippen molar-refractivity contribution in [2.45, 2.75) is 31.9 Å². The van der Waals surface area contributed by atoms with Crippen LogP contribution in [0.2, 0.25) is 0 Å². The van der Waals surface area contributed by atoms with Crippen molar-refractivity contribution in [3.05, 3.63) is 35.4 Å². The number of benzene rings is 1. The second-order valence-electron chi connectivity index (χ2n) is 6.52. The largest absolute Gasteiger partial charge is 0.388 e. The molecule has 1 aliphatic heterocycles. The van der Waals surface area contributed by atoms with Crippen molar-refractivity contribution in [1.29, 1.82) is 0 Å². The second kappa shape index (κ2) is 6.38. The van der Waals surface area contributed by atoms with E-state index in [0.717, 1.165) is 32.2 Å². The van der Waals surface area contributed by atoms with Crippen LogP contribution in [0.1, 0.15) is 31.9 Å². The van der Waals surface area contributed by atoms with Gasteiger partial charge >= 0.3 is 0 Å². The number of halogens is 2. The minimum atomic E-state index is -0.835. The standard InChI is InChI=1S/C16H24F2N2O/c1-16(2)11-20(7-6-19(16)3)5-4-15(21)12-8-13(17)10-14(18)9-12/h8-10,15,21H,4-7,11H2,1-3H3. The van der Waals surface area contributed by atoms with Gasteiger partial charge in [-0.15, -0.1) is 0 Å². The van der Waals surface area contributed by atoms with E-state index in [1.54, 1.807) is 0 Å². The summed E-state index contributed by atoms with van der Waals surface area (Å²) in [5.41, 5.74) is 0.412. The number of hydrogen-bond donors (Lipinski definition) is 1. The summed E-state index contributed by atoms with van der Waals surface area (Å²) in [6.45, 7) is 7.96. The molecule has 0 saturated carbocycles. The van der Waals surface area contributed by atoms with Gasteiger partial charge in [-0.2, -0.15) is 0 Å². The van der Waals surface area contributed by atoms with Gasteiger partial charge in [0.1, 0.15) is 11.6 Å². The van der Waals surface area contributed by atoms with Crippen LogP contribution >= 0.6 is 0 Å². The molecular weight excluding hydrogens is 274 g/mol. The zero-order valence-electron chi connectivity index (χ0n) is 12.9. The van der Waals surface area contributed by atoms with Gasteiger partial charge in [0.15, 0.2) is 0 Å². The summed E-state index contributed by atoms with van der Waals surface area (Å²) >= 11 is 0. The van der Waals surface area contributed by atoms with Crippen LogP contribution in [0.25, 0.3) is 0 Å². The van der Waals surface area contributed by atoms with E-state index < -0.39 is 17.7 Å². The molecule has 21 heavy (non-hydrogen) atoms. The predicted octanol–water partition coefficient (Wildman–Crippen LogP) is 2.41. The van der Waals surface area contributed by atoms with Gasteiger partial charge in [-0.3, -0.25) is 4.90 Å². The van der Waals surface area contributed by atoms with Gasteiger partial charge in [-0.25, -0.2) is 8.78 Å². The minimum absolute atomic E-state index is 0.105. The van der Waals surface area contributed by atoms with Crippen molar-refractivity contribution in [2.24, 2.45) is 0 Å². The Hall–Kier alpha value is -1.04. The lowest BCUT2D eigenvalue weighted by Crippen LogP contribution is -2.57. The van der Waals surface area contributed by atoms with E-state index in [0.29, 0.717) is 12.0 Å². The number of likely N-dealkylation sites (N-methyl/N-ethyl adjacent to an activating group) is 1. The number of rotatable bonds is 4. The molecule has 0 bridgehead atoms. The first-order valence-corrected chi connectivity index (χ1v) is 7.35. The molecule has 1 saturated heterocycles. The Balaban J connectivity index is 1.91. The van der Waals surface area contributed by atoms with E-state index in [4.69, 9.17) is 0 Å². The molecule has 2 rings (SSSR count). The highest BCUT2D eigenvalue weighted by Gasteiger charge is 2.30. The fraction of sp³-hybridized carbons (Fsp3) is 0.625. The Bertz CT molecular complexity index is 473. The molecule has 0 amide bonds. The van der Waals surface area contributed by atoms with E-state index >= 15 is 0 Å². The normalized spacial score (nSPS) is 21.4. The van der Waals surface area contributed by atoms with Gasteiger partial charge in [0.2, 0.25) is 0 Å². The number of aliphatic hydroxyl groups is 1. The van der Waals surface area contributed by atoms with Crippen LogP contribution in [0.5, 0.6) is 0 Å². The second-order valence-corrected chi connectivity index (χ2v) is 6.52. The fourth-order valence-electron chi connectivity index (χ4n) is 2.77. The molecule has 0 radical (unpaired) electrons. The van der Waals surface area contributed by atoms with E-state index in [2.05, 4.69) is 30.7 Å². The van der Waals surface area contributed by atoms with Gasteiger partial charge < -0.3 is 10.0 Å². The van der Waals surface area contributed by atoms with Crippen LogP contribution in [0.15, 0.2) is 18.2 Å². The molecule has 1 unspecified atom stereocenters. The molecule has 118 valence electrons. The Kier molecular flexibility index (Phi) is 4.96. The van der Waals surface area contributed by atoms with Gasteiger partial charge in [-0.05, 0) is 45.0 Å². The first kappa shape index (κ1) is 16.3.